The van der Waals surface area contributed by atoms with E-state index in [1.165, 1.54) is 4.90 Å². The molecule has 1 fully saturated rings. The summed E-state index contributed by atoms with van der Waals surface area (Å²) >= 11 is 0. The minimum atomic E-state index is -1.62. The lowest BCUT2D eigenvalue weighted by molar-refractivity contribution is -0.143. The van der Waals surface area contributed by atoms with Crippen LogP contribution in [0.4, 0.5) is 0 Å². The molecule has 0 aromatic carbocycles. The van der Waals surface area contributed by atoms with E-state index in [2.05, 4.69) is 47.9 Å². The fraction of sp³-hybridized carbons (Fsp3) is 0.793. The fourth-order valence-corrected chi connectivity index (χ4v) is 9.67. The third-order valence-corrected chi connectivity index (χ3v) is 14.1. The number of nitrogens with one attached hydrogen (secondary N) is 9. The van der Waals surface area contributed by atoms with Gasteiger partial charge >= 0.3 is 0 Å². The largest absolute Gasteiger partial charge is 0.370 e. The molecule has 0 aromatic rings. The van der Waals surface area contributed by atoms with Gasteiger partial charge in [0.2, 0.25) is 70.9 Å². The Morgan fingerprint density at radius 2 is 0.867 bits per heavy atom. The van der Waals surface area contributed by atoms with Crippen LogP contribution in [0.5, 0.6) is 0 Å². The van der Waals surface area contributed by atoms with E-state index >= 15 is 0 Å². The van der Waals surface area contributed by atoms with Crippen molar-refractivity contribution in [2.75, 3.05) is 13.1 Å². The number of carbonyl (C=O) groups excluding carboxylic acids is 12. The highest BCUT2D eigenvalue weighted by Gasteiger charge is 2.41. The number of hydrogen-bond acceptors (Lipinski definition) is 13. The minimum Gasteiger partial charge on any atom is -0.370 e. The number of nitrogens with zero attached hydrogens (tertiary/aromatic N) is 1. The van der Waals surface area contributed by atoms with Crippen molar-refractivity contribution in [2.24, 2.45) is 64.5 Å². The summed E-state index contributed by atoms with van der Waals surface area (Å²) in [6, 6.07) is -11.3. The van der Waals surface area contributed by atoms with E-state index in [-0.39, 0.29) is 80.6 Å². The summed E-state index contributed by atoms with van der Waals surface area (Å²) in [5.74, 6) is -9.88. The number of carbonyl (C=O) groups is 12. The minimum absolute atomic E-state index is 0.00136. The Hall–Kier alpha value is -6.40. The molecule has 1 heterocycles. The maximum absolute atomic E-state index is 14.4. The second-order valence-electron chi connectivity index (χ2n) is 25.4. The number of primary amides is 2. The topological polar surface area (TPSA) is 394 Å². The lowest BCUT2D eigenvalue weighted by Gasteiger charge is -2.32. The monoisotopic (exact) mass is 1180 g/mol. The Bertz CT molecular complexity index is 2200. The molecule has 83 heavy (non-hydrogen) atoms. The Morgan fingerprint density at radius 3 is 1.29 bits per heavy atom. The summed E-state index contributed by atoms with van der Waals surface area (Å²) in [5.41, 5.74) is 17.2. The molecule has 0 aromatic heterocycles. The van der Waals surface area contributed by atoms with E-state index in [0.29, 0.717) is 19.3 Å². The van der Waals surface area contributed by atoms with Gasteiger partial charge in [-0.25, -0.2) is 0 Å². The van der Waals surface area contributed by atoms with Crippen LogP contribution in [0.1, 0.15) is 175 Å². The van der Waals surface area contributed by atoms with Gasteiger partial charge in [-0.3, -0.25) is 57.5 Å². The molecule has 474 valence electrons. The van der Waals surface area contributed by atoms with Crippen LogP contribution in [0, 0.1) is 47.3 Å². The quantitative estimate of drug-likeness (QED) is 0.0407. The van der Waals surface area contributed by atoms with Crippen LogP contribution in [-0.2, 0) is 57.5 Å². The predicted molar refractivity (Wildman–Crippen MR) is 315 cm³/mol. The van der Waals surface area contributed by atoms with Gasteiger partial charge in [0.15, 0.2) is 0 Å². The summed E-state index contributed by atoms with van der Waals surface area (Å²) in [6.45, 7) is 28.7. The molecular formula is C58H105N13O12. The first kappa shape index (κ1) is 74.6. The smallest absolute Gasteiger partial charge is 0.245 e. The van der Waals surface area contributed by atoms with Crippen molar-refractivity contribution < 1.29 is 57.5 Å². The van der Waals surface area contributed by atoms with Crippen LogP contribution < -0.4 is 65.1 Å². The molecule has 1 aliphatic rings. The SMILES string of the molecule is CCC(C)C(NC(=O)C1CCCN1C(=O)C(CC(C)C)NC(=O)C(CC(C)C)NC(=O)C(N)CC(C)C)C(=O)NC(C(=O)NCC(=O)NC(CC(N)=O)C(=O)NC(CC(C)C)C(=O)NC(CC(C)C)C(=O)NC(CC(C)C)C(N)=O)C(C)C. The first-order chi connectivity index (χ1) is 38.5. The average molecular weight is 1180 g/mol. The van der Waals surface area contributed by atoms with E-state index in [1.807, 2.05) is 76.2 Å². The Kier molecular flexibility index (Phi) is 32.7. The van der Waals surface area contributed by atoms with Crippen molar-refractivity contribution >= 4 is 70.9 Å². The zero-order valence-electron chi connectivity index (χ0n) is 52.5. The molecule has 1 rings (SSSR count). The van der Waals surface area contributed by atoms with Gasteiger partial charge in [0, 0.05) is 6.54 Å². The van der Waals surface area contributed by atoms with Gasteiger partial charge in [0.05, 0.1) is 19.0 Å². The molecule has 25 heteroatoms. The van der Waals surface area contributed by atoms with Gasteiger partial charge in [-0.1, -0.05) is 117 Å². The molecule has 0 bridgehead atoms. The number of nitrogens with two attached hydrogens (primary N) is 3. The Morgan fingerprint density at radius 1 is 0.458 bits per heavy atom. The van der Waals surface area contributed by atoms with Crippen LogP contribution in [0.25, 0.3) is 0 Å². The average Bonchev–Trinajstić information content (AvgIpc) is 4.10. The highest BCUT2D eigenvalue weighted by atomic mass is 16.2. The first-order valence-corrected chi connectivity index (χ1v) is 29.8. The third kappa shape index (κ3) is 27.2. The number of rotatable bonds is 37. The molecular weight excluding hydrogens is 1070 g/mol. The summed E-state index contributed by atoms with van der Waals surface area (Å²) < 4.78 is 0. The van der Waals surface area contributed by atoms with E-state index in [0.717, 1.165) is 0 Å². The van der Waals surface area contributed by atoms with Crippen molar-refractivity contribution in [3.8, 4) is 0 Å². The van der Waals surface area contributed by atoms with Gasteiger partial charge in [-0.05, 0) is 98.7 Å². The summed E-state index contributed by atoms with van der Waals surface area (Å²) in [6.07, 6.45) is 1.87. The number of amides is 12. The van der Waals surface area contributed by atoms with Crippen molar-refractivity contribution in [2.45, 2.75) is 235 Å². The molecule has 15 N–H and O–H groups in total. The molecule has 0 radical (unpaired) electrons. The summed E-state index contributed by atoms with van der Waals surface area (Å²) in [4.78, 5) is 164. The second kappa shape index (κ2) is 36.3. The lowest BCUT2D eigenvalue weighted by Crippen LogP contribution is -2.61. The zero-order chi connectivity index (χ0) is 63.7. The molecule has 12 amide bonds. The molecule has 1 aliphatic heterocycles. The van der Waals surface area contributed by atoms with Gasteiger partial charge < -0.3 is 70.0 Å². The van der Waals surface area contributed by atoms with Crippen LogP contribution in [-0.4, -0.2) is 149 Å². The maximum atomic E-state index is 14.4. The van der Waals surface area contributed by atoms with Crippen molar-refractivity contribution in [3.63, 3.8) is 0 Å². The second-order valence-corrected chi connectivity index (χ2v) is 25.4. The first-order valence-electron chi connectivity index (χ1n) is 29.8. The van der Waals surface area contributed by atoms with Crippen molar-refractivity contribution in [1.82, 2.24) is 52.8 Å². The highest BCUT2D eigenvalue weighted by molar-refractivity contribution is 5.99. The summed E-state index contributed by atoms with van der Waals surface area (Å²) in [7, 11) is 0. The van der Waals surface area contributed by atoms with Crippen molar-refractivity contribution in [3.05, 3.63) is 0 Å². The third-order valence-electron chi connectivity index (χ3n) is 14.1. The van der Waals surface area contributed by atoms with E-state index in [1.54, 1.807) is 34.6 Å². The van der Waals surface area contributed by atoms with Crippen LogP contribution >= 0.6 is 0 Å². The van der Waals surface area contributed by atoms with Gasteiger partial charge in [0.1, 0.15) is 54.4 Å². The molecule has 11 atom stereocenters. The highest BCUT2D eigenvalue weighted by Crippen LogP contribution is 2.23. The molecule has 0 aliphatic carbocycles. The van der Waals surface area contributed by atoms with E-state index in [4.69, 9.17) is 17.2 Å². The molecule has 1 saturated heterocycles. The van der Waals surface area contributed by atoms with Gasteiger partial charge in [-0.15, -0.1) is 0 Å². The molecule has 0 spiro atoms. The van der Waals surface area contributed by atoms with Gasteiger partial charge in [0.25, 0.3) is 0 Å². The number of hydrogen-bond donors (Lipinski definition) is 12. The van der Waals surface area contributed by atoms with Gasteiger partial charge in [-0.2, -0.15) is 0 Å². The number of likely N-dealkylation sites (tertiary alicyclic amines) is 1. The van der Waals surface area contributed by atoms with E-state index in [9.17, 15) is 57.5 Å². The maximum Gasteiger partial charge on any atom is 0.245 e. The Balaban J connectivity index is 3.28. The standard InChI is InChI=1S/C58H105N13O12/c1-17-36(16)48(70-55(80)44-19-18-20-71(44)58(83)43(26-34(12)13)68-53(78)39(23-31(6)7)65-50(75)37(59)21-29(2)3)57(82)69-47(35(14)15)56(81)62-28-46(73)63-42(27-45(60)72)54(79)67-41(25-33(10)11)52(77)66-40(24-32(8)9)51(76)64-38(49(61)74)22-30(4)5/h29-44,47-48H,17-28,59H2,1-16H3,(H2,60,72)(H2,61,74)(H,62,81)(H,63,73)(H,64,76)(H,65,75)(H,66,77)(H,67,79)(H,68,78)(H,69,82)(H,70,80). The molecule has 11 unspecified atom stereocenters. The van der Waals surface area contributed by atoms with Crippen LogP contribution in [0.2, 0.25) is 0 Å². The Labute approximate surface area is 492 Å². The van der Waals surface area contributed by atoms with E-state index < -0.39 is 156 Å². The normalized spacial score (nSPS) is 17.1. The fourth-order valence-electron chi connectivity index (χ4n) is 9.67. The lowest BCUT2D eigenvalue weighted by atomic mass is 9.96. The summed E-state index contributed by atoms with van der Waals surface area (Å²) in [5, 5.41) is 23.9. The molecule has 25 nitrogen and oxygen atoms in total. The predicted octanol–water partition coefficient (Wildman–Crippen LogP) is 0.639. The van der Waals surface area contributed by atoms with Crippen LogP contribution in [0.15, 0.2) is 0 Å². The zero-order valence-corrected chi connectivity index (χ0v) is 52.5. The van der Waals surface area contributed by atoms with Crippen molar-refractivity contribution in [1.29, 1.82) is 0 Å². The van der Waals surface area contributed by atoms with Crippen LogP contribution in [0.3, 0.4) is 0 Å². The molecule has 0 saturated carbocycles.